The van der Waals surface area contributed by atoms with Crippen LogP contribution in [0.5, 0.6) is 5.75 Å². The molecule has 1 aliphatic carbocycles. The SMILES string of the molecule is O=c1oc2ccccc2c2c1C[C@@H]1/C(=C/C=C/c3ccccc3)C=C[C@@H]1O2. The number of hydrogen-bond acceptors (Lipinski definition) is 3. The van der Waals surface area contributed by atoms with Crippen LogP contribution < -0.4 is 10.4 Å². The Hall–Kier alpha value is -3.33. The predicted octanol–water partition coefficient (Wildman–Crippen LogP) is 4.92. The fourth-order valence-corrected chi connectivity index (χ4v) is 3.85. The Bertz CT molecular complexity index is 1150. The molecule has 2 heterocycles. The van der Waals surface area contributed by atoms with Gasteiger partial charge in [-0.2, -0.15) is 0 Å². The van der Waals surface area contributed by atoms with Crippen molar-refractivity contribution in [3.05, 3.63) is 106 Å². The van der Waals surface area contributed by atoms with Crippen LogP contribution in [-0.2, 0) is 6.42 Å². The van der Waals surface area contributed by atoms with E-state index in [1.54, 1.807) is 6.07 Å². The molecule has 1 aliphatic heterocycles. The van der Waals surface area contributed by atoms with Gasteiger partial charge in [-0.05, 0) is 35.8 Å². The summed E-state index contributed by atoms with van der Waals surface area (Å²) in [6, 6.07) is 17.7. The van der Waals surface area contributed by atoms with Crippen LogP contribution in [-0.4, -0.2) is 6.10 Å². The van der Waals surface area contributed by atoms with Gasteiger partial charge in [0.2, 0.25) is 0 Å². The van der Waals surface area contributed by atoms with Crippen LogP contribution in [0.2, 0.25) is 0 Å². The highest BCUT2D eigenvalue weighted by atomic mass is 16.5. The molecule has 0 amide bonds. The molecule has 0 spiro atoms. The number of ether oxygens (including phenoxy) is 1. The first-order valence-corrected chi connectivity index (χ1v) is 9.12. The normalized spacial score (nSPS) is 22.1. The largest absolute Gasteiger partial charge is 0.484 e. The zero-order valence-electron chi connectivity index (χ0n) is 14.7. The first kappa shape index (κ1) is 15.9. The quantitative estimate of drug-likeness (QED) is 0.613. The van der Waals surface area contributed by atoms with E-state index in [0.29, 0.717) is 23.3 Å². The van der Waals surface area contributed by atoms with Crippen molar-refractivity contribution in [2.75, 3.05) is 0 Å². The second kappa shape index (κ2) is 6.44. The molecular formula is C24H18O3. The second-order valence-corrected chi connectivity index (χ2v) is 6.88. The summed E-state index contributed by atoms with van der Waals surface area (Å²) < 4.78 is 11.7. The summed E-state index contributed by atoms with van der Waals surface area (Å²) in [6.45, 7) is 0. The van der Waals surface area contributed by atoms with Crippen molar-refractivity contribution in [3.63, 3.8) is 0 Å². The Morgan fingerprint density at radius 1 is 1.00 bits per heavy atom. The van der Waals surface area contributed by atoms with Crippen LogP contribution in [0.3, 0.4) is 0 Å². The maximum absolute atomic E-state index is 12.5. The third-order valence-corrected chi connectivity index (χ3v) is 5.21. The minimum atomic E-state index is -0.298. The fraction of sp³-hybridized carbons (Fsp3) is 0.125. The molecule has 3 heteroatoms. The van der Waals surface area contributed by atoms with Gasteiger partial charge in [0, 0.05) is 5.92 Å². The first-order chi connectivity index (χ1) is 13.3. The Balaban J connectivity index is 1.48. The third kappa shape index (κ3) is 2.81. The lowest BCUT2D eigenvalue weighted by Crippen LogP contribution is -2.32. The second-order valence-electron chi connectivity index (χ2n) is 6.88. The Labute approximate surface area is 156 Å². The van der Waals surface area contributed by atoms with Crippen LogP contribution in [0.25, 0.3) is 17.0 Å². The minimum absolute atomic E-state index is 0.0425. The van der Waals surface area contributed by atoms with Gasteiger partial charge in [0.05, 0.1) is 10.9 Å². The monoisotopic (exact) mass is 354 g/mol. The molecular weight excluding hydrogens is 336 g/mol. The van der Waals surface area contributed by atoms with Crippen molar-refractivity contribution < 1.29 is 9.15 Å². The maximum Gasteiger partial charge on any atom is 0.343 e. The molecule has 132 valence electrons. The number of benzene rings is 2. The van der Waals surface area contributed by atoms with Crippen molar-refractivity contribution in [1.82, 2.24) is 0 Å². The molecule has 0 bridgehead atoms. The Morgan fingerprint density at radius 2 is 1.81 bits per heavy atom. The smallest absolute Gasteiger partial charge is 0.343 e. The van der Waals surface area contributed by atoms with Gasteiger partial charge in [-0.25, -0.2) is 4.79 Å². The minimum Gasteiger partial charge on any atom is -0.484 e. The lowest BCUT2D eigenvalue weighted by Gasteiger charge is -2.29. The third-order valence-electron chi connectivity index (χ3n) is 5.21. The van der Waals surface area contributed by atoms with E-state index in [-0.39, 0.29) is 17.6 Å². The van der Waals surface area contributed by atoms with Gasteiger partial charge in [0.1, 0.15) is 17.4 Å². The van der Waals surface area contributed by atoms with Crippen molar-refractivity contribution >= 4 is 17.0 Å². The van der Waals surface area contributed by atoms with E-state index in [1.807, 2.05) is 36.4 Å². The van der Waals surface area contributed by atoms with Gasteiger partial charge >= 0.3 is 5.63 Å². The Kier molecular flexibility index (Phi) is 3.79. The van der Waals surface area contributed by atoms with Gasteiger partial charge in [-0.3, -0.25) is 0 Å². The topological polar surface area (TPSA) is 39.4 Å². The van der Waals surface area contributed by atoms with Crippen molar-refractivity contribution in [1.29, 1.82) is 0 Å². The number of rotatable bonds is 2. The summed E-state index contributed by atoms with van der Waals surface area (Å²) in [5.41, 5.74) is 3.24. The first-order valence-electron chi connectivity index (χ1n) is 9.12. The fourth-order valence-electron chi connectivity index (χ4n) is 3.85. The molecule has 0 saturated heterocycles. The van der Waals surface area contributed by atoms with E-state index in [9.17, 15) is 4.79 Å². The van der Waals surface area contributed by atoms with Crippen molar-refractivity contribution in [2.45, 2.75) is 12.5 Å². The van der Waals surface area contributed by atoms with E-state index >= 15 is 0 Å². The average molecular weight is 354 g/mol. The molecule has 0 fully saturated rings. The highest BCUT2D eigenvalue weighted by molar-refractivity contribution is 5.84. The number of fused-ring (bicyclic) bond motifs is 4. The lowest BCUT2D eigenvalue weighted by molar-refractivity contribution is 0.183. The predicted molar refractivity (Wildman–Crippen MR) is 107 cm³/mol. The molecule has 3 nitrogen and oxygen atoms in total. The lowest BCUT2D eigenvalue weighted by atomic mass is 9.89. The van der Waals surface area contributed by atoms with Crippen LogP contribution in [0.15, 0.2) is 93.7 Å². The molecule has 1 aromatic heterocycles. The van der Waals surface area contributed by atoms with Crippen molar-refractivity contribution in [3.8, 4) is 5.75 Å². The standard InChI is InChI=1S/C24H18O3/c25-24-20-15-19-17(10-6-9-16-7-2-1-3-8-16)13-14-22(19)26-23(20)18-11-4-5-12-21(18)27-24/h1-14,19,22H,15H2/b9-6+,17-10+/t19-,22+/m1/s1. The van der Waals surface area contributed by atoms with Crippen LogP contribution in [0, 0.1) is 5.92 Å². The highest BCUT2D eigenvalue weighted by Gasteiger charge is 2.36. The summed E-state index contributed by atoms with van der Waals surface area (Å²) >= 11 is 0. The summed E-state index contributed by atoms with van der Waals surface area (Å²) in [5, 5.41) is 0.861. The van der Waals surface area contributed by atoms with Gasteiger partial charge < -0.3 is 9.15 Å². The average Bonchev–Trinajstić information content (AvgIpc) is 3.10. The molecule has 0 N–H and O–H groups in total. The molecule has 0 radical (unpaired) electrons. The Morgan fingerprint density at radius 3 is 2.70 bits per heavy atom. The molecule has 3 aromatic rings. The van der Waals surface area contributed by atoms with Gasteiger partial charge in [0.25, 0.3) is 0 Å². The van der Waals surface area contributed by atoms with E-state index in [2.05, 4.69) is 42.5 Å². The summed E-state index contributed by atoms with van der Waals surface area (Å²) in [6.07, 6.45) is 11.0. The zero-order valence-corrected chi connectivity index (χ0v) is 14.7. The number of allylic oxidation sites excluding steroid dienone is 3. The molecule has 2 aromatic carbocycles. The zero-order chi connectivity index (χ0) is 18.2. The van der Waals surface area contributed by atoms with Gasteiger partial charge in [-0.1, -0.05) is 66.8 Å². The van der Waals surface area contributed by atoms with E-state index < -0.39 is 0 Å². The van der Waals surface area contributed by atoms with E-state index in [0.717, 1.165) is 10.9 Å². The van der Waals surface area contributed by atoms with Crippen LogP contribution >= 0.6 is 0 Å². The van der Waals surface area contributed by atoms with E-state index in [4.69, 9.17) is 9.15 Å². The summed E-state index contributed by atoms with van der Waals surface area (Å²) in [5.74, 6) is 0.816. The maximum atomic E-state index is 12.5. The number of hydrogen-bond donors (Lipinski definition) is 0. The molecule has 27 heavy (non-hydrogen) atoms. The van der Waals surface area contributed by atoms with Gasteiger partial charge in [-0.15, -0.1) is 0 Å². The summed E-state index contributed by atoms with van der Waals surface area (Å²) in [4.78, 5) is 12.5. The molecule has 2 aliphatic rings. The molecule has 2 atom stereocenters. The highest BCUT2D eigenvalue weighted by Crippen LogP contribution is 2.40. The van der Waals surface area contributed by atoms with Gasteiger partial charge in [0.15, 0.2) is 0 Å². The van der Waals surface area contributed by atoms with Crippen LogP contribution in [0.4, 0.5) is 0 Å². The molecule has 0 unspecified atom stereocenters. The van der Waals surface area contributed by atoms with Crippen molar-refractivity contribution in [2.24, 2.45) is 5.92 Å². The molecule has 0 saturated carbocycles. The van der Waals surface area contributed by atoms with Crippen LogP contribution in [0.1, 0.15) is 11.1 Å². The number of para-hydroxylation sites is 1. The molecule has 5 rings (SSSR count). The van der Waals surface area contributed by atoms with E-state index in [1.165, 1.54) is 5.57 Å². The summed E-state index contributed by atoms with van der Waals surface area (Å²) in [7, 11) is 0.